The van der Waals surface area contributed by atoms with Crippen LogP contribution in [0.5, 0.6) is 5.75 Å². The van der Waals surface area contributed by atoms with Crippen LogP contribution in [-0.2, 0) is 0 Å². The monoisotopic (exact) mass is 202 g/mol. The Hall–Kier alpha value is -1.64. The molecular weight excluding hydrogens is 188 g/mol. The van der Waals surface area contributed by atoms with Gasteiger partial charge in [0.25, 0.3) is 0 Å². The lowest BCUT2D eigenvalue weighted by Crippen LogP contribution is -1.97. The molecule has 1 aromatic rings. The van der Waals surface area contributed by atoms with Gasteiger partial charge in [0, 0.05) is 23.9 Å². The Morgan fingerprint density at radius 3 is 2.40 bits per heavy atom. The van der Waals surface area contributed by atoms with Crippen molar-refractivity contribution in [2.24, 2.45) is 9.98 Å². The molecule has 1 heterocycles. The molecule has 2 rings (SSSR count). The summed E-state index contributed by atoms with van der Waals surface area (Å²) in [6.07, 6.45) is 0.844. The number of aliphatic imine (C=N–C) groups is 2. The fourth-order valence-corrected chi connectivity index (χ4v) is 1.67. The second-order valence-electron chi connectivity index (χ2n) is 3.73. The van der Waals surface area contributed by atoms with Crippen LogP contribution in [0, 0.1) is 0 Å². The van der Waals surface area contributed by atoms with E-state index in [1.165, 1.54) is 0 Å². The summed E-state index contributed by atoms with van der Waals surface area (Å²) in [7, 11) is 1.66. The normalized spacial score (nSPS) is 14.9. The van der Waals surface area contributed by atoms with Gasteiger partial charge in [-0.25, -0.2) is 0 Å². The highest BCUT2D eigenvalue weighted by Crippen LogP contribution is 2.34. The Kier molecular flexibility index (Phi) is 2.54. The average Bonchev–Trinajstić information content (AvgIpc) is 2.33. The highest BCUT2D eigenvalue weighted by molar-refractivity contribution is 6.06. The molecular formula is C12H14N2O. The first-order chi connectivity index (χ1) is 7.19. The minimum Gasteiger partial charge on any atom is -0.497 e. The van der Waals surface area contributed by atoms with Gasteiger partial charge in [-0.2, -0.15) is 0 Å². The van der Waals surface area contributed by atoms with Crippen molar-refractivity contribution in [2.75, 3.05) is 7.11 Å². The fraction of sp³-hybridized carbons (Fsp3) is 0.333. The third-order valence-electron chi connectivity index (χ3n) is 2.32. The molecule has 1 aliphatic rings. The van der Waals surface area contributed by atoms with Crippen molar-refractivity contribution >= 4 is 22.8 Å². The first-order valence-electron chi connectivity index (χ1n) is 4.95. The molecule has 0 radical (unpaired) electrons. The van der Waals surface area contributed by atoms with Gasteiger partial charge in [-0.05, 0) is 26.0 Å². The Morgan fingerprint density at radius 2 is 1.73 bits per heavy atom. The summed E-state index contributed by atoms with van der Waals surface area (Å²) < 4.78 is 5.17. The Morgan fingerprint density at radius 1 is 1.07 bits per heavy atom. The van der Waals surface area contributed by atoms with Crippen LogP contribution in [-0.4, -0.2) is 18.5 Å². The van der Waals surface area contributed by atoms with Crippen LogP contribution >= 0.6 is 0 Å². The molecule has 15 heavy (non-hydrogen) atoms. The molecule has 0 unspecified atom stereocenters. The van der Waals surface area contributed by atoms with Gasteiger partial charge in [-0.3, -0.25) is 9.98 Å². The molecule has 0 aliphatic carbocycles. The first kappa shape index (κ1) is 9.90. The summed E-state index contributed by atoms with van der Waals surface area (Å²) in [6.45, 7) is 4.05. The first-order valence-corrected chi connectivity index (χ1v) is 4.95. The molecule has 0 atom stereocenters. The lowest BCUT2D eigenvalue weighted by atomic mass is 10.2. The fourth-order valence-electron chi connectivity index (χ4n) is 1.67. The smallest absolute Gasteiger partial charge is 0.121 e. The number of hydrogen-bond donors (Lipinski definition) is 0. The molecule has 0 saturated heterocycles. The molecule has 78 valence electrons. The minimum atomic E-state index is 0.819. The van der Waals surface area contributed by atoms with Gasteiger partial charge in [0.2, 0.25) is 0 Å². The average molecular weight is 202 g/mol. The maximum atomic E-state index is 5.17. The molecule has 0 spiro atoms. The van der Waals surface area contributed by atoms with Crippen LogP contribution in [0.1, 0.15) is 20.3 Å². The van der Waals surface area contributed by atoms with Crippen molar-refractivity contribution in [1.82, 2.24) is 0 Å². The predicted octanol–water partition coefficient (Wildman–Crippen LogP) is 3.28. The lowest BCUT2D eigenvalue weighted by molar-refractivity contribution is 0.415. The third kappa shape index (κ3) is 2.06. The Balaban J connectivity index is 2.55. The lowest BCUT2D eigenvalue weighted by Gasteiger charge is -2.03. The summed E-state index contributed by atoms with van der Waals surface area (Å²) in [4.78, 5) is 9.03. The van der Waals surface area contributed by atoms with Crippen molar-refractivity contribution in [3.63, 3.8) is 0 Å². The van der Waals surface area contributed by atoms with Crippen LogP contribution in [0.15, 0.2) is 28.2 Å². The Labute approximate surface area is 89.5 Å². The molecule has 0 N–H and O–H groups in total. The summed E-state index contributed by atoms with van der Waals surface area (Å²) >= 11 is 0. The zero-order valence-corrected chi connectivity index (χ0v) is 9.24. The van der Waals surface area contributed by atoms with E-state index in [-0.39, 0.29) is 0 Å². The minimum absolute atomic E-state index is 0.819. The van der Waals surface area contributed by atoms with Gasteiger partial charge >= 0.3 is 0 Å². The largest absolute Gasteiger partial charge is 0.497 e. The maximum Gasteiger partial charge on any atom is 0.121 e. The highest BCUT2D eigenvalue weighted by atomic mass is 16.5. The molecule has 3 nitrogen and oxygen atoms in total. The zero-order valence-electron chi connectivity index (χ0n) is 9.24. The number of rotatable bonds is 1. The number of fused-ring (bicyclic) bond motifs is 1. The third-order valence-corrected chi connectivity index (χ3v) is 2.32. The van der Waals surface area contributed by atoms with Crippen LogP contribution in [0.3, 0.4) is 0 Å². The van der Waals surface area contributed by atoms with Crippen molar-refractivity contribution in [3.8, 4) is 5.75 Å². The van der Waals surface area contributed by atoms with E-state index in [1.807, 2.05) is 32.0 Å². The summed E-state index contributed by atoms with van der Waals surface area (Å²) in [5.41, 5.74) is 4.00. The van der Waals surface area contributed by atoms with Crippen molar-refractivity contribution < 1.29 is 4.74 Å². The molecule has 0 fully saturated rings. The van der Waals surface area contributed by atoms with Gasteiger partial charge in [0.05, 0.1) is 18.5 Å². The maximum absolute atomic E-state index is 5.17. The van der Waals surface area contributed by atoms with Crippen LogP contribution < -0.4 is 4.74 Å². The van der Waals surface area contributed by atoms with E-state index in [0.29, 0.717) is 0 Å². The van der Waals surface area contributed by atoms with Crippen LogP contribution in [0.2, 0.25) is 0 Å². The van der Waals surface area contributed by atoms with Gasteiger partial charge < -0.3 is 4.74 Å². The zero-order chi connectivity index (χ0) is 10.8. The molecule has 1 aliphatic heterocycles. The van der Waals surface area contributed by atoms with Gasteiger partial charge in [0.15, 0.2) is 0 Å². The molecule has 3 heteroatoms. The number of hydrogen-bond acceptors (Lipinski definition) is 3. The van der Waals surface area contributed by atoms with E-state index >= 15 is 0 Å². The number of methoxy groups -OCH3 is 1. The topological polar surface area (TPSA) is 34.0 Å². The van der Waals surface area contributed by atoms with Crippen molar-refractivity contribution in [1.29, 1.82) is 0 Å². The summed E-state index contributed by atoms with van der Waals surface area (Å²) in [5, 5.41) is 0. The second-order valence-corrected chi connectivity index (χ2v) is 3.73. The standard InChI is InChI=1S/C12H14N2O/c1-8-6-9(2)14-12-7-10(15-3)4-5-11(12)13-8/h4-5,7H,6H2,1-3H3. The van der Waals surface area contributed by atoms with E-state index in [1.54, 1.807) is 7.11 Å². The van der Waals surface area contributed by atoms with Crippen LogP contribution in [0.25, 0.3) is 0 Å². The second kappa shape index (κ2) is 3.85. The van der Waals surface area contributed by atoms with Crippen molar-refractivity contribution in [3.05, 3.63) is 18.2 Å². The van der Waals surface area contributed by atoms with Gasteiger partial charge in [0.1, 0.15) is 5.75 Å². The number of ether oxygens (including phenoxy) is 1. The SMILES string of the molecule is COc1ccc2c(c1)N=C(C)CC(C)=N2. The Bertz CT molecular complexity index is 447. The molecule has 0 aromatic heterocycles. The summed E-state index contributed by atoms with van der Waals surface area (Å²) in [6, 6.07) is 5.77. The van der Waals surface area contributed by atoms with E-state index in [0.717, 1.165) is 35.0 Å². The molecule has 0 saturated carbocycles. The van der Waals surface area contributed by atoms with E-state index < -0.39 is 0 Å². The van der Waals surface area contributed by atoms with E-state index in [2.05, 4.69) is 9.98 Å². The summed E-state index contributed by atoms with van der Waals surface area (Å²) in [5.74, 6) is 0.819. The van der Waals surface area contributed by atoms with E-state index in [4.69, 9.17) is 4.74 Å². The number of nitrogens with zero attached hydrogens (tertiary/aromatic N) is 2. The predicted molar refractivity (Wildman–Crippen MR) is 63.1 cm³/mol. The molecule has 0 amide bonds. The van der Waals surface area contributed by atoms with Crippen LogP contribution in [0.4, 0.5) is 11.4 Å². The quantitative estimate of drug-likeness (QED) is 0.688. The van der Waals surface area contributed by atoms with Crippen molar-refractivity contribution in [2.45, 2.75) is 20.3 Å². The highest BCUT2D eigenvalue weighted by Gasteiger charge is 2.08. The molecule has 1 aromatic carbocycles. The van der Waals surface area contributed by atoms with Gasteiger partial charge in [-0.1, -0.05) is 0 Å². The number of benzene rings is 1. The van der Waals surface area contributed by atoms with Gasteiger partial charge in [-0.15, -0.1) is 0 Å². The molecule has 0 bridgehead atoms. The van der Waals surface area contributed by atoms with E-state index in [9.17, 15) is 0 Å².